The molecule has 2 aliphatic rings. The summed E-state index contributed by atoms with van der Waals surface area (Å²) >= 11 is 0. The zero-order chi connectivity index (χ0) is 60.7. The number of fused-ring (bicyclic) bond motifs is 14. The lowest BCUT2D eigenvalue weighted by molar-refractivity contribution is 0.748. The van der Waals surface area contributed by atoms with Gasteiger partial charge >= 0.3 is 0 Å². The molecule has 92 heavy (non-hydrogen) atoms. The van der Waals surface area contributed by atoms with Crippen molar-refractivity contribution in [1.29, 1.82) is 0 Å². The molecular formula is C87H59N5. The van der Waals surface area contributed by atoms with Gasteiger partial charge in [0.1, 0.15) is 0 Å². The molecule has 5 nitrogen and oxygen atoms in total. The third kappa shape index (κ3) is 8.40. The van der Waals surface area contributed by atoms with Crippen molar-refractivity contribution in [1.82, 2.24) is 4.57 Å². The quantitative estimate of drug-likeness (QED) is 0.121. The number of rotatable bonds is 12. The van der Waals surface area contributed by atoms with Crippen LogP contribution in [0.15, 0.2) is 358 Å². The summed E-state index contributed by atoms with van der Waals surface area (Å²) in [6.45, 7) is 0. The van der Waals surface area contributed by atoms with E-state index in [4.69, 9.17) is 0 Å². The van der Waals surface area contributed by atoms with E-state index in [9.17, 15) is 0 Å². The molecule has 1 aliphatic carbocycles. The van der Waals surface area contributed by atoms with Gasteiger partial charge in [0.05, 0.1) is 22.1 Å². The van der Waals surface area contributed by atoms with Crippen LogP contribution in [0.1, 0.15) is 22.3 Å². The van der Waals surface area contributed by atoms with Gasteiger partial charge in [0, 0.05) is 79.0 Å². The molecule has 16 aromatic rings. The van der Waals surface area contributed by atoms with E-state index < -0.39 is 5.41 Å². The van der Waals surface area contributed by atoms with E-state index in [2.05, 4.69) is 382 Å². The van der Waals surface area contributed by atoms with Crippen molar-refractivity contribution in [3.63, 3.8) is 0 Å². The summed E-state index contributed by atoms with van der Waals surface area (Å²) in [5.41, 5.74) is 23.1. The van der Waals surface area contributed by atoms with Crippen LogP contribution in [0.5, 0.6) is 0 Å². The Morgan fingerprint density at radius 1 is 0.207 bits per heavy atom. The molecule has 432 valence electrons. The van der Waals surface area contributed by atoms with E-state index in [-0.39, 0.29) is 0 Å². The fraction of sp³-hybridized carbons (Fsp3) is 0.0115. The Balaban J connectivity index is 0.865. The van der Waals surface area contributed by atoms with Gasteiger partial charge in [-0.1, -0.05) is 200 Å². The Morgan fingerprint density at radius 3 is 1.00 bits per heavy atom. The molecule has 1 aromatic heterocycles. The van der Waals surface area contributed by atoms with E-state index in [0.717, 1.165) is 68.2 Å². The zero-order valence-corrected chi connectivity index (χ0v) is 50.3. The minimum absolute atomic E-state index is 0.785. The number of hydrogen-bond donors (Lipinski definition) is 0. The van der Waals surface area contributed by atoms with Crippen LogP contribution in [0.4, 0.5) is 68.2 Å². The number of aromatic nitrogens is 1. The van der Waals surface area contributed by atoms with E-state index in [1.54, 1.807) is 0 Å². The standard InChI is InChI=1S/C87H59N5/c1-5-26-64(27-6-1)88(65-28-7-2-8-29-65)68-44-48-70(49-45-68)90(72-42-40-60-22-13-15-24-62(60)56-72)74-52-54-76-77-55-53-75(59-83(77)87(82(76)58-74)80-36-18-20-39-85(80)92-84-38-19-17-34-78(84)79-35-21-37-81(87)86(79)92)91(73-43-41-61-23-14-16-25-63(61)57-73)71-50-46-69(47-51-71)89(66-30-9-3-10-31-66)67-32-11-4-12-33-67/h1-59H. The highest BCUT2D eigenvalue weighted by Gasteiger charge is 2.51. The van der Waals surface area contributed by atoms with Gasteiger partial charge < -0.3 is 24.2 Å². The van der Waals surface area contributed by atoms with E-state index >= 15 is 0 Å². The lowest BCUT2D eigenvalue weighted by atomic mass is 9.65. The van der Waals surface area contributed by atoms with Crippen LogP contribution in [-0.2, 0) is 5.41 Å². The molecule has 0 bridgehead atoms. The zero-order valence-electron chi connectivity index (χ0n) is 50.3. The third-order valence-electron chi connectivity index (χ3n) is 19.0. The van der Waals surface area contributed by atoms with Gasteiger partial charge in [-0.25, -0.2) is 0 Å². The maximum atomic E-state index is 2.54. The highest BCUT2D eigenvalue weighted by molar-refractivity contribution is 6.13. The molecule has 0 unspecified atom stereocenters. The second-order valence-electron chi connectivity index (χ2n) is 24.1. The smallest absolute Gasteiger partial charge is 0.0756 e. The summed E-state index contributed by atoms with van der Waals surface area (Å²) in [7, 11) is 0. The van der Waals surface area contributed by atoms with Crippen LogP contribution in [0.25, 0.3) is 60.2 Å². The largest absolute Gasteiger partial charge is 0.311 e. The Labute approximate surface area is 535 Å². The Bertz CT molecular complexity index is 5130. The van der Waals surface area contributed by atoms with Crippen LogP contribution >= 0.6 is 0 Å². The molecule has 2 heterocycles. The molecule has 0 saturated heterocycles. The molecule has 0 fully saturated rings. The van der Waals surface area contributed by atoms with Crippen molar-refractivity contribution < 1.29 is 0 Å². The lowest BCUT2D eigenvalue weighted by Gasteiger charge is -2.40. The number of benzene rings is 15. The molecule has 18 rings (SSSR count). The molecule has 0 amide bonds. The Hall–Kier alpha value is -12.2. The van der Waals surface area contributed by atoms with Crippen molar-refractivity contribution in [2.45, 2.75) is 5.41 Å². The highest BCUT2D eigenvalue weighted by Crippen LogP contribution is 2.63. The summed E-state index contributed by atoms with van der Waals surface area (Å²) in [6, 6.07) is 132. The lowest BCUT2D eigenvalue weighted by Crippen LogP contribution is -2.33. The summed E-state index contributed by atoms with van der Waals surface area (Å²) in [5.74, 6) is 0. The molecule has 0 N–H and O–H groups in total. The second kappa shape index (κ2) is 21.6. The first-order valence-corrected chi connectivity index (χ1v) is 31.6. The average Bonchev–Trinajstić information content (AvgIpc) is 0.750. The van der Waals surface area contributed by atoms with Crippen molar-refractivity contribution in [2.75, 3.05) is 19.6 Å². The van der Waals surface area contributed by atoms with E-state index in [0.29, 0.717) is 0 Å². The summed E-state index contributed by atoms with van der Waals surface area (Å²) in [4.78, 5) is 9.58. The highest BCUT2D eigenvalue weighted by atomic mass is 15.2. The molecule has 5 heteroatoms. The molecule has 1 aliphatic heterocycles. The fourth-order valence-corrected chi connectivity index (χ4v) is 15.1. The van der Waals surface area contributed by atoms with Crippen molar-refractivity contribution in [3.05, 3.63) is 380 Å². The van der Waals surface area contributed by atoms with Gasteiger partial charge in [-0.3, -0.25) is 0 Å². The maximum absolute atomic E-state index is 2.54. The third-order valence-corrected chi connectivity index (χ3v) is 19.0. The predicted octanol–water partition coefficient (Wildman–Crippen LogP) is 23.6. The van der Waals surface area contributed by atoms with Gasteiger partial charge in [0.15, 0.2) is 0 Å². The number of hydrogen-bond acceptors (Lipinski definition) is 4. The molecule has 1 spiro atoms. The van der Waals surface area contributed by atoms with E-state index in [1.807, 2.05) is 0 Å². The fourth-order valence-electron chi connectivity index (χ4n) is 15.1. The summed E-state index contributed by atoms with van der Waals surface area (Å²) < 4.78 is 2.54. The number of anilines is 12. The van der Waals surface area contributed by atoms with Crippen molar-refractivity contribution in [2.24, 2.45) is 0 Å². The predicted molar refractivity (Wildman–Crippen MR) is 385 cm³/mol. The number of nitrogens with zero attached hydrogens (tertiary/aromatic N) is 5. The van der Waals surface area contributed by atoms with Crippen molar-refractivity contribution >= 4 is 112 Å². The SMILES string of the molecule is c1ccc(N(c2ccccc2)c2ccc(N(c3ccc4c(c3)C3(c5cc(N(c6ccc(N(c7ccccc7)c7ccccc7)cc6)c6ccc7ccccc7c6)ccc5-4)c4ccccc4-n4c5ccccc5c5cccc3c54)c3ccc4ccccc4c3)cc2)cc1. The van der Waals surface area contributed by atoms with Crippen LogP contribution in [0, 0.1) is 0 Å². The van der Waals surface area contributed by atoms with Crippen LogP contribution in [-0.4, -0.2) is 4.57 Å². The van der Waals surface area contributed by atoms with Crippen LogP contribution in [0.2, 0.25) is 0 Å². The van der Waals surface area contributed by atoms with Gasteiger partial charge in [-0.2, -0.15) is 0 Å². The first kappa shape index (κ1) is 52.9. The van der Waals surface area contributed by atoms with Gasteiger partial charge in [-0.15, -0.1) is 0 Å². The second-order valence-corrected chi connectivity index (χ2v) is 24.1. The Kier molecular flexibility index (Phi) is 12.4. The summed E-state index contributed by atoms with van der Waals surface area (Å²) in [5, 5.41) is 7.24. The normalized spacial score (nSPS) is 12.4. The van der Waals surface area contributed by atoms with Crippen LogP contribution < -0.4 is 19.6 Å². The van der Waals surface area contributed by atoms with E-state index in [1.165, 1.54) is 82.4 Å². The molecule has 15 aromatic carbocycles. The van der Waals surface area contributed by atoms with Gasteiger partial charge in [0.2, 0.25) is 0 Å². The minimum atomic E-state index is -0.785. The van der Waals surface area contributed by atoms with Gasteiger partial charge in [-0.05, 0) is 213 Å². The average molecular weight is 1170 g/mol. The number of para-hydroxylation sites is 7. The molecule has 0 atom stereocenters. The molecule has 0 radical (unpaired) electrons. The van der Waals surface area contributed by atoms with Gasteiger partial charge in [0.25, 0.3) is 0 Å². The Morgan fingerprint density at radius 2 is 0.533 bits per heavy atom. The maximum Gasteiger partial charge on any atom is 0.0756 e. The topological polar surface area (TPSA) is 17.9 Å². The first-order valence-electron chi connectivity index (χ1n) is 31.6. The van der Waals surface area contributed by atoms with Crippen LogP contribution in [0.3, 0.4) is 0 Å². The monoisotopic (exact) mass is 1170 g/mol. The summed E-state index contributed by atoms with van der Waals surface area (Å²) in [6.07, 6.45) is 0. The first-order chi connectivity index (χ1) is 45.6. The molecule has 0 saturated carbocycles. The van der Waals surface area contributed by atoms with Crippen molar-refractivity contribution in [3.8, 4) is 16.8 Å². The molecular weight excluding hydrogens is 1110 g/mol. The minimum Gasteiger partial charge on any atom is -0.311 e.